The van der Waals surface area contributed by atoms with Gasteiger partial charge in [-0.3, -0.25) is 0 Å². The fourth-order valence-corrected chi connectivity index (χ4v) is 4.37. The molecule has 0 saturated heterocycles. The van der Waals surface area contributed by atoms with E-state index in [0.717, 1.165) is 17.1 Å². The maximum absolute atomic E-state index is 11.0. The Hall–Kier alpha value is -5.49. The summed E-state index contributed by atoms with van der Waals surface area (Å²) >= 11 is 0. The third kappa shape index (κ3) is 12.2. The molecule has 0 aliphatic heterocycles. The van der Waals surface area contributed by atoms with Crippen LogP contribution in [0.15, 0.2) is 164 Å². The number of benzene rings is 6. The molecule has 0 aromatic heterocycles. The molecule has 6 N–H and O–H groups in total. The van der Waals surface area contributed by atoms with Gasteiger partial charge >= 0.3 is 17.9 Å². The van der Waals surface area contributed by atoms with E-state index < -0.39 is 17.9 Å². The van der Waals surface area contributed by atoms with Gasteiger partial charge in [0, 0.05) is 58.8 Å². The average Bonchev–Trinajstić information content (AvgIpc) is 3.11. The van der Waals surface area contributed by atoms with Crippen molar-refractivity contribution in [2.24, 2.45) is 0 Å². The summed E-state index contributed by atoms with van der Waals surface area (Å²) in [5, 5.41) is 36.2. The number of carboxylic acids is 3. The van der Waals surface area contributed by atoms with Gasteiger partial charge < -0.3 is 31.3 Å². The van der Waals surface area contributed by atoms with Gasteiger partial charge in [0.25, 0.3) is 0 Å². The van der Waals surface area contributed by atoms with E-state index in [1.807, 2.05) is 91.0 Å². The predicted octanol–water partition coefficient (Wildman–Crippen LogP) is 9.39. The van der Waals surface area contributed by atoms with Crippen LogP contribution in [0.5, 0.6) is 0 Å². The minimum Gasteiger partial charge on any atom is -0.478 e. The van der Waals surface area contributed by atoms with E-state index in [2.05, 4.69) is 16.0 Å². The fourth-order valence-electron chi connectivity index (χ4n) is 4.37. The second-order valence-corrected chi connectivity index (χ2v) is 10.0. The largest absolute Gasteiger partial charge is 0.478 e. The SMILES string of the molecule is O=C(O)c1ccccc1Nc1ccccc1.O=C(O)c1ccccc1Nc1ccccc1.O=C(O)c1ccccc1Nc1ccccc1.[Ce]. The van der Waals surface area contributed by atoms with E-state index in [1.165, 1.54) is 0 Å². The average molecular weight is 780 g/mol. The predicted molar refractivity (Wildman–Crippen MR) is 189 cm³/mol. The first kappa shape index (κ1) is 38.0. The quantitative estimate of drug-likeness (QED) is 0.0845. The first-order valence-corrected chi connectivity index (χ1v) is 14.7. The van der Waals surface area contributed by atoms with Crippen molar-refractivity contribution < 1.29 is 71.5 Å². The zero-order chi connectivity index (χ0) is 34.1. The van der Waals surface area contributed by atoms with Crippen molar-refractivity contribution in [3.63, 3.8) is 0 Å². The Kier molecular flexibility index (Phi) is 15.5. The molecular formula is C39H33CeN3O6. The number of nitrogens with one attached hydrogen (secondary N) is 3. The first-order valence-electron chi connectivity index (χ1n) is 14.7. The van der Waals surface area contributed by atoms with Crippen LogP contribution in [0.2, 0.25) is 0 Å². The number of hydrogen-bond donors (Lipinski definition) is 6. The van der Waals surface area contributed by atoms with E-state index in [4.69, 9.17) is 15.3 Å². The number of carboxylic acid groups (broad SMARTS) is 3. The van der Waals surface area contributed by atoms with Gasteiger partial charge in [-0.2, -0.15) is 0 Å². The molecule has 0 amide bonds. The summed E-state index contributed by atoms with van der Waals surface area (Å²) in [6.45, 7) is 0. The summed E-state index contributed by atoms with van der Waals surface area (Å²) < 4.78 is 0. The summed E-state index contributed by atoms with van der Waals surface area (Å²) in [5.41, 5.74) is 5.22. The fraction of sp³-hybridized carbons (Fsp3) is 0. The Balaban J connectivity index is 0.000000197. The van der Waals surface area contributed by atoms with Crippen LogP contribution in [0.4, 0.5) is 34.1 Å². The van der Waals surface area contributed by atoms with Gasteiger partial charge in [0.2, 0.25) is 0 Å². The van der Waals surface area contributed by atoms with Crippen molar-refractivity contribution in [3.8, 4) is 0 Å². The molecular weight excluding hydrogens is 747 g/mol. The van der Waals surface area contributed by atoms with Crippen molar-refractivity contribution in [1.29, 1.82) is 0 Å². The Morgan fingerprint density at radius 3 is 0.755 bits per heavy atom. The number of para-hydroxylation sites is 6. The minimum atomic E-state index is -0.931. The van der Waals surface area contributed by atoms with Gasteiger partial charge in [-0.25, -0.2) is 14.4 Å². The normalized spacial score (nSPS) is 9.55. The molecule has 6 rings (SSSR count). The molecule has 0 fully saturated rings. The standard InChI is InChI=1S/3C13H11NO2.Ce/c3*15-13(16)11-8-4-5-9-12(11)14-10-6-2-1-3-7-10;/h3*1-9,14H,(H,15,16);. The first-order chi connectivity index (χ1) is 23.3. The summed E-state index contributed by atoms with van der Waals surface area (Å²) in [5.74, 6) is -2.79. The molecule has 0 radical (unpaired) electrons. The molecule has 0 spiro atoms. The molecule has 10 heteroatoms. The Labute approximate surface area is 317 Å². The maximum Gasteiger partial charge on any atom is 0.337 e. The molecule has 0 heterocycles. The van der Waals surface area contributed by atoms with E-state index in [-0.39, 0.29) is 58.4 Å². The van der Waals surface area contributed by atoms with Gasteiger partial charge in [0.1, 0.15) is 0 Å². The van der Waals surface area contributed by atoms with Crippen LogP contribution in [-0.4, -0.2) is 33.2 Å². The van der Waals surface area contributed by atoms with Crippen LogP contribution in [0, 0.1) is 41.7 Å². The molecule has 0 aliphatic rings. The van der Waals surface area contributed by atoms with Gasteiger partial charge in [-0.1, -0.05) is 91.0 Å². The van der Waals surface area contributed by atoms with Crippen LogP contribution in [0.3, 0.4) is 0 Å². The smallest absolute Gasteiger partial charge is 0.337 e. The summed E-state index contributed by atoms with van der Waals surface area (Å²) in [4.78, 5) is 32.9. The molecule has 0 aliphatic carbocycles. The topological polar surface area (TPSA) is 148 Å². The molecule has 6 aromatic rings. The molecule has 9 nitrogen and oxygen atoms in total. The second kappa shape index (κ2) is 20.0. The molecule has 0 bridgehead atoms. The molecule has 0 atom stereocenters. The van der Waals surface area contributed by atoms with Crippen LogP contribution in [0.25, 0.3) is 0 Å². The number of hydrogen-bond acceptors (Lipinski definition) is 6. The Bertz CT molecular complexity index is 1720. The van der Waals surface area contributed by atoms with Crippen LogP contribution in [0.1, 0.15) is 31.1 Å². The van der Waals surface area contributed by atoms with Crippen molar-refractivity contribution in [2.45, 2.75) is 0 Å². The van der Waals surface area contributed by atoms with E-state index >= 15 is 0 Å². The molecule has 0 saturated carbocycles. The number of aromatic carboxylic acids is 3. The monoisotopic (exact) mass is 779 g/mol. The third-order valence-corrected chi connectivity index (χ3v) is 6.63. The van der Waals surface area contributed by atoms with E-state index in [9.17, 15) is 14.4 Å². The van der Waals surface area contributed by atoms with Gasteiger partial charge in [-0.15, -0.1) is 0 Å². The Morgan fingerprint density at radius 1 is 0.327 bits per heavy atom. The summed E-state index contributed by atoms with van der Waals surface area (Å²) in [6.07, 6.45) is 0. The van der Waals surface area contributed by atoms with Crippen molar-refractivity contribution >= 4 is 52.0 Å². The number of anilines is 6. The van der Waals surface area contributed by atoms with Crippen LogP contribution < -0.4 is 16.0 Å². The summed E-state index contributed by atoms with van der Waals surface area (Å²) in [7, 11) is 0. The van der Waals surface area contributed by atoms with Crippen molar-refractivity contribution in [3.05, 3.63) is 180 Å². The van der Waals surface area contributed by atoms with Crippen LogP contribution >= 0.6 is 0 Å². The van der Waals surface area contributed by atoms with Crippen LogP contribution in [-0.2, 0) is 0 Å². The molecule has 244 valence electrons. The second-order valence-electron chi connectivity index (χ2n) is 10.0. The molecule has 6 aromatic carbocycles. The number of rotatable bonds is 9. The third-order valence-electron chi connectivity index (χ3n) is 6.63. The van der Waals surface area contributed by atoms with Gasteiger partial charge in [0.15, 0.2) is 0 Å². The number of carbonyl (C=O) groups is 3. The molecule has 0 unspecified atom stereocenters. The molecule has 49 heavy (non-hydrogen) atoms. The Morgan fingerprint density at radius 2 is 0.531 bits per heavy atom. The van der Waals surface area contributed by atoms with Crippen molar-refractivity contribution in [1.82, 2.24) is 0 Å². The maximum atomic E-state index is 11.0. The van der Waals surface area contributed by atoms with E-state index in [0.29, 0.717) is 17.1 Å². The minimum absolute atomic E-state index is 0. The van der Waals surface area contributed by atoms with Gasteiger partial charge in [-0.05, 0) is 72.8 Å². The summed E-state index contributed by atoms with van der Waals surface area (Å²) in [6, 6.07) is 48.9. The van der Waals surface area contributed by atoms with Gasteiger partial charge in [0.05, 0.1) is 33.8 Å². The zero-order valence-electron chi connectivity index (χ0n) is 26.2. The van der Waals surface area contributed by atoms with E-state index in [1.54, 1.807) is 72.8 Å². The van der Waals surface area contributed by atoms with Crippen molar-refractivity contribution in [2.75, 3.05) is 16.0 Å². The zero-order valence-corrected chi connectivity index (χ0v) is 29.3.